The van der Waals surface area contributed by atoms with E-state index in [4.69, 9.17) is 5.73 Å². The van der Waals surface area contributed by atoms with Gasteiger partial charge in [0.25, 0.3) is 0 Å². The quantitative estimate of drug-likeness (QED) is 0.727. The summed E-state index contributed by atoms with van der Waals surface area (Å²) in [6, 6.07) is 12.5. The summed E-state index contributed by atoms with van der Waals surface area (Å²) in [6.07, 6.45) is 1.69. The van der Waals surface area contributed by atoms with Gasteiger partial charge in [0.1, 0.15) is 11.4 Å². The number of nitrogens with zero attached hydrogens (tertiary/aromatic N) is 3. The fraction of sp³-hybridized carbons (Fsp3) is 0.0667. The van der Waals surface area contributed by atoms with Crippen LogP contribution in [0.3, 0.4) is 0 Å². The van der Waals surface area contributed by atoms with Gasteiger partial charge in [-0.25, -0.2) is 9.07 Å². The van der Waals surface area contributed by atoms with Crippen LogP contribution in [-0.2, 0) is 0 Å². The summed E-state index contributed by atoms with van der Waals surface area (Å²) in [7, 11) is 0. The van der Waals surface area contributed by atoms with Gasteiger partial charge < -0.3 is 5.73 Å². The lowest BCUT2D eigenvalue weighted by molar-refractivity contribution is 0.598. The lowest BCUT2D eigenvalue weighted by Crippen LogP contribution is -1.99. The normalized spacial score (nSPS) is 10.7. The third kappa shape index (κ3) is 2.14. The van der Waals surface area contributed by atoms with Crippen molar-refractivity contribution in [3.8, 4) is 16.9 Å². The topological polar surface area (TPSA) is 56.7 Å². The standard InChI is InChI=1S/C15H13FN4/c1-10-4-2-7-14(15(10)16)20-9-13(18-19-20)11-5-3-6-12(17)8-11/h2-9H,17H2,1H3. The van der Waals surface area contributed by atoms with E-state index in [0.717, 1.165) is 5.56 Å². The molecule has 0 saturated heterocycles. The van der Waals surface area contributed by atoms with Crippen molar-refractivity contribution in [2.75, 3.05) is 5.73 Å². The van der Waals surface area contributed by atoms with Crippen LogP contribution in [0.5, 0.6) is 0 Å². The molecular formula is C15H13FN4. The number of rotatable bonds is 2. The second-order valence-electron chi connectivity index (χ2n) is 4.58. The first-order chi connectivity index (χ1) is 9.65. The van der Waals surface area contributed by atoms with Gasteiger partial charge in [-0.1, -0.05) is 29.5 Å². The Kier molecular flexibility index (Phi) is 2.95. The summed E-state index contributed by atoms with van der Waals surface area (Å²) in [5.41, 5.74) is 8.85. The average Bonchev–Trinajstić information content (AvgIpc) is 2.91. The summed E-state index contributed by atoms with van der Waals surface area (Å²) in [5, 5.41) is 8.05. The van der Waals surface area contributed by atoms with Crippen molar-refractivity contribution in [1.29, 1.82) is 0 Å². The number of aromatic nitrogens is 3. The van der Waals surface area contributed by atoms with Crippen LogP contribution in [0.1, 0.15) is 5.56 Å². The van der Waals surface area contributed by atoms with Crippen LogP contribution >= 0.6 is 0 Å². The van der Waals surface area contributed by atoms with Gasteiger partial charge in [-0.2, -0.15) is 0 Å². The second-order valence-corrected chi connectivity index (χ2v) is 4.58. The van der Waals surface area contributed by atoms with Gasteiger partial charge in [0.05, 0.1) is 6.20 Å². The number of nitrogens with two attached hydrogens (primary N) is 1. The van der Waals surface area contributed by atoms with Crippen molar-refractivity contribution in [3.05, 3.63) is 60.0 Å². The van der Waals surface area contributed by atoms with E-state index in [1.54, 1.807) is 43.5 Å². The average molecular weight is 268 g/mol. The Balaban J connectivity index is 2.04. The summed E-state index contributed by atoms with van der Waals surface area (Å²) >= 11 is 0. The molecule has 0 unspecified atom stereocenters. The maximum atomic E-state index is 14.1. The van der Waals surface area contributed by atoms with Crippen molar-refractivity contribution in [3.63, 3.8) is 0 Å². The molecule has 0 amide bonds. The molecule has 0 aliphatic carbocycles. The maximum Gasteiger partial charge on any atom is 0.151 e. The van der Waals surface area contributed by atoms with Crippen LogP contribution in [0.25, 0.3) is 16.9 Å². The van der Waals surface area contributed by atoms with Crippen LogP contribution in [0, 0.1) is 12.7 Å². The molecule has 0 saturated carbocycles. The molecule has 0 radical (unpaired) electrons. The van der Waals surface area contributed by atoms with Gasteiger partial charge in [0.2, 0.25) is 0 Å². The van der Waals surface area contributed by atoms with Gasteiger partial charge in [-0.15, -0.1) is 5.10 Å². The minimum atomic E-state index is -0.295. The molecule has 20 heavy (non-hydrogen) atoms. The van der Waals surface area contributed by atoms with Crippen LogP contribution in [0.2, 0.25) is 0 Å². The van der Waals surface area contributed by atoms with Crippen molar-refractivity contribution in [1.82, 2.24) is 15.0 Å². The molecule has 0 aliphatic rings. The lowest BCUT2D eigenvalue weighted by atomic mass is 10.1. The van der Waals surface area contributed by atoms with E-state index in [0.29, 0.717) is 22.6 Å². The second kappa shape index (κ2) is 4.77. The molecule has 0 fully saturated rings. The maximum absolute atomic E-state index is 14.1. The first-order valence-corrected chi connectivity index (χ1v) is 6.19. The van der Waals surface area contributed by atoms with Gasteiger partial charge in [0, 0.05) is 11.3 Å². The lowest BCUT2D eigenvalue weighted by Gasteiger charge is -2.03. The monoisotopic (exact) mass is 268 g/mol. The van der Waals surface area contributed by atoms with Crippen molar-refractivity contribution >= 4 is 5.69 Å². The molecule has 0 spiro atoms. The molecule has 1 heterocycles. The zero-order chi connectivity index (χ0) is 14.1. The SMILES string of the molecule is Cc1cccc(-n2cc(-c3cccc(N)c3)nn2)c1F. The van der Waals surface area contributed by atoms with E-state index < -0.39 is 0 Å². The van der Waals surface area contributed by atoms with E-state index in [9.17, 15) is 4.39 Å². The third-order valence-electron chi connectivity index (χ3n) is 3.09. The predicted molar refractivity (Wildman–Crippen MR) is 75.9 cm³/mol. The molecule has 4 nitrogen and oxygen atoms in total. The summed E-state index contributed by atoms with van der Waals surface area (Å²) in [5.74, 6) is -0.295. The highest BCUT2D eigenvalue weighted by atomic mass is 19.1. The van der Waals surface area contributed by atoms with E-state index >= 15 is 0 Å². The predicted octanol–water partition coefficient (Wildman–Crippen LogP) is 2.96. The van der Waals surface area contributed by atoms with Crippen LogP contribution in [-0.4, -0.2) is 15.0 Å². The Labute approximate surface area is 115 Å². The van der Waals surface area contributed by atoms with E-state index in [1.165, 1.54) is 4.68 Å². The van der Waals surface area contributed by atoms with Crippen LogP contribution in [0.15, 0.2) is 48.7 Å². The summed E-state index contributed by atoms with van der Waals surface area (Å²) in [6.45, 7) is 1.72. The fourth-order valence-electron chi connectivity index (χ4n) is 2.02. The minimum absolute atomic E-state index is 0.295. The molecule has 0 bridgehead atoms. The smallest absolute Gasteiger partial charge is 0.151 e. The largest absolute Gasteiger partial charge is 0.399 e. The van der Waals surface area contributed by atoms with Crippen LogP contribution in [0.4, 0.5) is 10.1 Å². The zero-order valence-electron chi connectivity index (χ0n) is 10.9. The molecule has 1 aromatic heterocycles. The van der Waals surface area contributed by atoms with E-state index in [2.05, 4.69) is 10.3 Å². The van der Waals surface area contributed by atoms with Gasteiger partial charge in [-0.3, -0.25) is 0 Å². The van der Waals surface area contributed by atoms with E-state index in [1.807, 2.05) is 12.1 Å². The number of benzene rings is 2. The number of halogens is 1. The molecular weight excluding hydrogens is 255 g/mol. The van der Waals surface area contributed by atoms with Crippen molar-refractivity contribution in [2.45, 2.75) is 6.92 Å². The van der Waals surface area contributed by atoms with Gasteiger partial charge >= 0.3 is 0 Å². The highest BCUT2D eigenvalue weighted by molar-refractivity contribution is 5.63. The molecule has 100 valence electrons. The van der Waals surface area contributed by atoms with Crippen molar-refractivity contribution in [2.24, 2.45) is 0 Å². The number of anilines is 1. The fourth-order valence-corrected chi connectivity index (χ4v) is 2.02. The number of hydrogen-bond donors (Lipinski definition) is 1. The molecule has 0 aliphatic heterocycles. The van der Waals surface area contributed by atoms with Gasteiger partial charge in [-0.05, 0) is 30.7 Å². The van der Waals surface area contributed by atoms with Crippen molar-refractivity contribution < 1.29 is 4.39 Å². The molecule has 2 aromatic carbocycles. The molecule has 3 aromatic rings. The number of hydrogen-bond acceptors (Lipinski definition) is 3. The first kappa shape index (κ1) is 12.3. The van der Waals surface area contributed by atoms with Gasteiger partial charge in [0.15, 0.2) is 5.82 Å². The number of nitrogen functional groups attached to an aromatic ring is 1. The Hall–Kier alpha value is -2.69. The number of aryl methyl sites for hydroxylation is 1. The van der Waals surface area contributed by atoms with Crippen LogP contribution < -0.4 is 5.73 Å². The summed E-state index contributed by atoms with van der Waals surface area (Å²) < 4.78 is 15.5. The third-order valence-corrected chi connectivity index (χ3v) is 3.09. The zero-order valence-corrected chi connectivity index (χ0v) is 10.9. The minimum Gasteiger partial charge on any atom is -0.399 e. The highest BCUT2D eigenvalue weighted by Gasteiger charge is 2.10. The molecule has 0 atom stereocenters. The van der Waals surface area contributed by atoms with E-state index in [-0.39, 0.29) is 5.82 Å². The summed E-state index contributed by atoms with van der Waals surface area (Å²) in [4.78, 5) is 0. The molecule has 2 N–H and O–H groups in total. The Morgan fingerprint density at radius 3 is 2.75 bits per heavy atom. The molecule has 3 rings (SSSR count). The Bertz CT molecular complexity index is 764. The Morgan fingerprint density at radius 1 is 1.15 bits per heavy atom. The Morgan fingerprint density at radius 2 is 1.95 bits per heavy atom. The molecule has 5 heteroatoms. The highest BCUT2D eigenvalue weighted by Crippen LogP contribution is 2.21. The first-order valence-electron chi connectivity index (χ1n) is 6.19.